The minimum absolute atomic E-state index is 0.0791. The minimum atomic E-state index is -4.48. The van der Waals surface area contributed by atoms with Crippen LogP contribution < -0.4 is 5.43 Å². The third kappa shape index (κ3) is 2.17. The smallest absolute Gasteiger partial charge is 0.274 e. The van der Waals surface area contributed by atoms with Gasteiger partial charge >= 0.3 is 6.18 Å². The van der Waals surface area contributed by atoms with Crippen LogP contribution in [0.15, 0.2) is 6.07 Å². The third-order valence-electron chi connectivity index (χ3n) is 2.29. The molecule has 0 saturated heterocycles. The normalized spacial score (nSPS) is 16.2. The number of carbonyl (C=O) groups is 1. The lowest BCUT2D eigenvalue weighted by Crippen LogP contribution is -2.23. The standard InChI is InChI=1S/C9H10F3N3O/c1-5(16)13-15-7(6-2-3-6)4-8(14-15)9(10,11)12/h4,6H,2-3H2,1H3,(H,13,16). The molecule has 7 heteroatoms. The van der Waals surface area contributed by atoms with Gasteiger partial charge in [-0.2, -0.15) is 18.0 Å². The second-order valence-electron chi connectivity index (χ2n) is 3.81. The molecule has 1 aliphatic rings. The number of carbonyl (C=O) groups excluding carboxylic acids is 1. The van der Waals surface area contributed by atoms with Gasteiger partial charge in [-0.1, -0.05) is 0 Å². The van der Waals surface area contributed by atoms with E-state index >= 15 is 0 Å². The van der Waals surface area contributed by atoms with Gasteiger partial charge in [0.25, 0.3) is 0 Å². The van der Waals surface area contributed by atoms with E-state index < -0.39 is 17.8 Å². The van der Waals surface area contributed by atoms with Crippen LogP contribution in [0.3, 0.4) is 0 Å². The molecule has 4 nitrogen and oxygen atoms in total. The fraction of sp³-hybridized carbons (Fsp3) is 0.556. The Kier molecular flexibility index (Phi) is 2.40. The summed E-state index contributed by atoms with van der Waals surface area (Å²) in [5, 5.41) is 3.34. The minimum Gasteiger partial charge on any atom is -0.274 e. The summed E-state index contributed by atoms with van der Waals surface area (Å²) < 4.78 is 37.2. The molecule has 0 aliphatic heterocycles. The Hall–Kier alpha value is -1.53. The molecule has 1 fully saturated rings. The predicted octanol–water partition coefficient (Wildman–Crippen LogP) is 1.87. The Labute approximate surface area is 89.4 Å². The molecule has 0 radical (unpaired) electrons. The quantitative estimate of drug-likeness (QED) is 0.847. The Bertz CT molecular complexity index is 420. The number of halogens is 3. The molecular weight excluding hydrogens is 223 g/mol. The van der Waals surface area contributed by atoms with Gasteiger partial charge in [-0.15, -0.1) is 5.10 Å². The number of amides is 1. The zero-order chi connectivity index (χ0) is 11.9. The third-order valence-corrected chi connectivity index (χ3v) is 2.29. The van der Waals surface area contributed by atoms with E-state index in [0.29, 0.717) is 5.69 Å². The maximum Gasteiger partial charge on any atom is 0.435 e. The van der Waals surface area contributed by atoms with Gasteiger partial charge in [-0.25, -0.2) is 5.43 Å². The summed E-state index contributed by atoms with van der Waals surface area (Å²) in [6, 6.07) is 0.994. The number of aromatic nitrogens is 2. The van der Waals surface area contributed by atoms with E-state index in [1.807, 2.05) is 0 Å². The van der Waals surface area contributed by atoms with Crippen molar-refractivity contribution >= 4 is 5.91 Å². The van der Waals surface area contributed by atoms with Crippen LogP contribution in [0.25, 0.3) is 0 Å². The highest BCUT2D eigenvalue weighted by Gasteiger charge is 2.38. The zero-order valence-electron chi connectivity index (χ0n) is 8.51. The van der Waals surface area contributed by atoms with E-state index in [9.17, 15) is 18.0 Å². The van der Waals surface area contributed by atoms with E-state index in [0.717, 1.165) is 23.7 Å². The molecule has 1 heterocycles. The molecule has 88 valence electrons. The maximum absolute atomic E-state index is 12.4. The number of nitrogens with one attached hydrogen (secondary N) is 1. The highest BCUT2D eigenvalue weighted by molar-refractivity contribution is 5.80. The first-order chi connectivity index (χ1) is 7.38. The Morgan fingerprint density at radius 2 is 2.19 bits per heavy atom. The van der Waals surface area contributed by atoms with Crippen LogP contribution in [0.2, 0.25) is 0 Å². The van der Waals surface area contributed by atoms with Crippen LogP contribution >= 0.6 is 0 Å². The molecule has 0 atom stereocenters. The first-order valence-electron chi connectivity index (χ1n) is 4.82. The second-order valence-corrected chi connectivity index (χ2v) is 3.81. The fourth-order valence-electron chi connectivity index (χ4n) is 1.44. The van der Waals surface area contributed by atoms with Gasteiger partial charge in [0, 0.05) is 12.8 Å². The summed E-state index contributed by atoms with van der Waals surface area (Å²) in [5.74, 6) is -0.367. The lowest BCUT2D eigenvalue weighted by molar-refractivity contribution is -0.141. The summed E-state index contributed by atoms with van der Waals surface area (Å²) >= 11 is 0. The Morgan fingerprint density at radius 3 is 2.62 bits per heavy atom. The largest absolute Gasteiger partial charge is 0.435 e. The van der Waals surface area contributed by atoms with Crippen molar-refractivity contribution in [2.24, 2.45) is 0 Å². The van der Waals surface area contributed by atoms with Crippen LogP contribution in [-0.2, 0) is 11.0 Å². The monoisotopic (exact) mass is 233 g/mol. The molecular formula is C9H10F3N3O. The van der Waals surface area contributed by atoms with Crippen molar-refractivity contribution in [1.82, 2.24) is 9.89 Å². The summed E-state index contributed by atoms with van der Waals surface area (Å²) in [4.78, 5) is 11.7. The summed E-state index contributed by atoms with van der Waals surface area (Å²) in [6.07, 6.45) is -2.81. The lowest BCUT2D eigenvalue weighted by atomic mass is 10.2. The van der Waals surface area contributed by atoms with Crippen molar-refractivity contribution in [3.8, 4) is 0 Å². The fourth-order valence-corrected chi connectivity index (χ4v) is 1.44. The van der Waals surface area contributed by atoms with E-state index in [-0.39, 0.29) is 5.92 Å². The summed E-state index contributed by atoms with van der Waals surface area (Å²) in [7, 11) is 0. The van der Waals surface area contributed by atoms with Crippen LogP contribution in [-0.4, -0.2) is 15.8 Å². The molecule has 16 heavy (non-hydrogen) atoms. The average Bonchev–Trinajstić information content (AvgIpc) is 2.86. The van der Waals surface area contributed by atoms with Crippen LogP contribution in [0.1, 0.15) is 37.1 Å². The van der Waals surface area contributed by atoms with Gasteiger partial charge in [-0.05, 0) is 18.9 Å². The molecule has 0 aromatic carbocycles. The molecule has 1 saturated carbocycles. The van der Waals surface area contributed by atoms with Crippen LogP contribution in [0.4, 0.5) is 13.2 Å². The van der Waals surface area contributed by atoms with E-state index in [1.165, 1.54) is 6.92 Å². The molecule has 1 aromatic rings. The Morgan fingerprint density at radius 1 is 1.56 bits per heavy atom. The summed E-state index contributed by atoms with van der Waals surface area (Å²) in [6.45, 7) is 1.23. The predicted molar refractivity (Wildman–Crippen MR) is 49.2 cm³/mol. The molecule has 1 aromatic heterocycles. The summed E-state index contributed by atoms with van der Waals surface area (Å²) in [5.41, 5.74) is 1.70. The van der Waals surface area contributed by atoms with Gasteiger partial charge in [0.1, 0.15) is 0 Å². The van der Waals surface area contributed by atoms with Gasteiger partial charge in [0.15, 0.2) is 5.69 Å². The molecule has 0 unspecified atom stereocenters. The maximum atomic E-state index is 12.4. The topological polar surface area (TPSA) is 46.9 Å². The van der Waals surface area contributed by atoms with E-state index in [4.69, 9.17) is 0 Å². The van der Waals surface area contributed by atoms with Gasteiger partial charge in [-0.3, -0.25) is 4.79 Å². The molecule has 0 spiro atoms. The highest BCUT2D eigenvalue weighted by Crippen LogP contribution is 2.41. The first kappa shape index (κ1) is 11.0. The van der Waals surface area contributed by atoms with Gasteiger partial charge in [0.2, 0.25) is 5.91 Å². The van der Waals surface area contributed by atoms with Gasteiger partial charge in [0.05, 0.1) is 5.69 Å². The molecule has 2 rings (SSSR count). The second kappa shape index (κ2) is 3.50. The van der Waals surface area contributed by atoms with Crippen LogP contribution in [0.5, 0.6) is 0 Å². The highest BCUT2D eigenvalue weighted by atomic mass is 19.4. The average molecular weight is 233 g/mol. The van der Waals surface area contributed by atoms with E-state index in [2.05, 4.69) is 10.5 Å². The van der Waals surface area contributed by atoms with Gasteiger partial charge < -0.3 is 0 Å². The van der Waals surface area contributed by atoms with Crippen molar-refractivity contribution in [1.29, 1.82) is 0 Å². The number of rotatable bonds is 2. The number of alkyl halides is 3. The first-order valence-corrected chi connectivity index (χ1v) is 4.82. The zero-order valence-corrected chi connectivity index (χ0v) is 8.51. The molecule has 0 bridgehead atoms. The lowest BCUT2D eigenvalue weighted by Gasteiger charge is -2.05. The Balaban J connectivity index is 2.34. The van der Waals surface area contributed by atoms with E-state index in [1.54, 1.807) is 0 Å². The number of nitrogens with zero attached hydrogens (tertiary/aromatic N) is 2. The number of hydrogen-bond donors (Lipinski definition) is 1. The van der Waals surface area contributed by atoms with Crippen molar-refractivity contribution in [3.63, 3.8) is 0 Å². The van der Waals surface area contributed by atoms with Crippen molar-refractivity contribution in [2.75, 3.05) is 5.43 Å². The molecule has 1 aliphatic carbocycles. The van der Waals surface area contributed by atoms with Crippen LogP contribution in [0, 0.1) is 0 Å². The SMILES string of the molecule is CC(=O)Nn1nc(C(F)(F)F)cc1C1CC1. The van der Waals surface area contributed by atoms with Crippen molar-refractivity contribution in [3.05, 3.63) is 17.5 Å². The molecule has 1 amide bonds. The number of hydrogen-bond acceptors (Lipinski definition) is 2. The molecule has 1 N–H and O–H groups in total. The van der Waals surface area contributed by atoms with Crippen molar-refractivity contribution < 1.29 is 18.0 Å². The van der Waals surface area contributed by atoms with Crippen molar-refractivity contribution in [2.45, 2.75) is 31.9 Å².